The van der Waals surface area contributed by atoms with Gasteiger partial charge in [0.05, 0.1) is 23.7 Å². The fourth-order valence-electron chi connectivity index (χ4n) is 2.24. The van der Waals surface area contributed by atoms with Gasteiger partial charge in [-0.15, -0.1) is 11.8 Å². The highest BCUT2D eigenvalue weighted by atomic mass is 32.2. The second-order valence-corrected chi connectivity index (χ2v) is 6.02. The Balaban J connectivity index is 2.25. The van der Waals surface area contributed by atoms with Gasteiger partial charge < -0.3 is 14.7 Å². The summed E-state index contributed by atoms with van der Waals surface area (Å²) in [7, 11) is 1.25. The number of carbonyl (C=O) groups is 3. The van der Waals surface area contributed by atoms with Crippen LogP contribution >= 0.6 is 11.8 Å². The molecule has 0 aromatic rings. The van der Waals surface area contributed by atoms with Crippen LogP contribution < -0.4 is 0 Å². The molecule has 2 aliphatic rings. The molecule has 0 bridgehead atoms. The fraction of sp³-hybridized carbons (Fsp3) is 0.545. The zero-order valence-corrected chi connectivity index (χ0v) is 10.8. The van der Waals surface area contributed by atoms with Crippen LogP contribution in [0, 0.1) is 0 Å². The summed E-state index contributed by atoms with van der Waals surface area (Å²) in [6, 6.07) is -0.936. The molecule has 2 saturated heterocycles. The van der Waals surface area contributed by atoms with Crippen molar-refractivity contribution in [1.29, 1.82) is 0 Å². The van der Waals surface area contributed by atoms with Crippen LogP contribution in [0.4, 0.5) is 0 Å². The second-order valence-electron chi connectivity index (χ2n) is 4.36. The quantitative estimate of drug-likeness (QED) is 0.449. The van der Waals surface area contributed by atoms with Crippen molar-refractivity contribution < 1.29 is 24.2 Å². The van der Waals surface area contributed by atoms with E-state index in [-0.39, 0.29) is 11.3 Å². The smallest absolute Gasteiger partial charge is 0.330 e. The number of esters is 1. The monoisotopic (exact) mass is 271 g/mol. The minimum absolute atomic E-state index is 0.106. The first-order chi connectivity index (χ1) is 8.39. The molecule has 0 aliphatic carbocycles. The summed E-state index contributed by atoms with van der Waals surface area (Å²) in [6.07, 6.45) is 3.07. The number of carboxylic acids is 1. The van der Waals surface area contributed by atoms with Gasteiger partial charge >= 0.3 is 11.9 Å². The molecule has 0 radical (unpaired) electrons. The molecule has 1 N–H and O–H groups in total. The summed E-state index contributed by atoms with van der Waals surface area (Å²) >= 11 is 1.39. The highest BCUT2D eigenvalue weighted by Gasteiger charge is 2.59. The summed E-state index contributed by atoms with van der Waals surface area (Å²) < 4.78 is 3.67. The summed E-state index contributed by atoms with van der Waals surface area (Å²) in [5.74, 6) is -1.76. The Kier molecular flexibility index (Phi) is 3.10. The van der Waals surface area contributed by atoms with E-state index in [9.17, 15) is 19.5 Å². The predicted molar refractivity (Wildman–Crippen MR) is 63.8 cm³/mol. The number of rotatable bonds is 3. The molecule has 6 nitrogen and oxygen atoms in total. The maximum atomic E-state index is 11.4. The van der Waals surface area contributed by atoms with E-state index < -0.39 is 22.7 Å². The number of carboxylic acid groups (broad SMARTS) is 1. The first-order valence-corrected chi connectivity index (χ1v) is 6.26. The second kappa shape index (κ2) is 4.31. The SMILES string of the molecule is COC(=O)C=C[C@]1(C)S[C@@H]2CC(=O)N2[C@H]1C(=O)O. The molecule has 0 saturated carbocycles. The molecule has 7 heteroatoms. The minimum atomic E-state index is -1.06. The Morgan fingerprint density at radius 1 is 1.61 bits per heavy atom. The summed E-state index contributed by atoms with van der Waals surface area (Å²) in [5, 5.41) is 9.15. The van der Waals surface area contributed by atoms with Crippen molar-refractivity contribution >= 4 is 29.6 Å². The zero-order valence-electron chi connectivity index (χ0n) is 9.95. The molecule has 0 spiro atoms. The van der Waals surface area contributed by atoms with Crippen LogP contribution in [-0.4, -0.2) is 51.1 Å². The summed E-state index contributed by atoms with van der Waals surface area (Å²) in [4.78, 5) is 35.2. The van der Waals surface area contributed by atoms with Gasteiger partial charge in [-0.2, -0.15) is 0 Å². The molecule has 98 valence electrons. The van der Waals surface area contributed by atoms with E-state index in [2.05, 4.69) is 4.74 Å². The van der Waals surface area contributed by atoms with Crippen LogP contribution in [0.2, 0.25) is 0 Å². The topological polar surface area (TPSA) is 83.9 Å². The van der Waals surface area contributed by atoms with Gasteiger partial charge in [0.15, 0.2) is 0 Å². The number of thioether (sulfide) groups is 1. The Hall–Kier alpha value is -1.50. The van der Waals surface area contributed by atoms with Gasteiger partial charge in [0.25, 0.3) is 0 Å². The van der Waals surface area contributed by atoms with Crippen molar-refractivity contribution in [2.75, 3.05) is 7.11 Å². The molecule has 1 amide bonds. The Morgan fingerprint density at radius 2 is 2.28 bits per heavy atom. The lowest BCUT2D eigenvalue weighted by Gasteiger charge is -2.36. The number of carbonyl (C=O) groups excluding carboxylic acids is 2. The van der Waals surface area contributed by atoms with Gasteiger partial charge in [0, 0.05) is 6.08 Å². The van der Waals surface area contributed by atoms with Crippen LogP contribution in [0.1, 0.15) is 13.3 Å². The third-order valence-corrected chi connectivity index (χ3v) is 4.68. The lowest BCUT2D eigenvalue weighted by molar-refractivity contribution is -0.156. The van der Waals surface area contributed by atoms with Crippen molar-refractivity contribution in [3.63, 3.8) is 0 Å². The van der Waals surface area contributed by atoms with Gasteiger partial charge in [0.1, 0.15) is 6.04 Å². The van der Waals surface area contributed by atoms with Crippen LogP contribution in [0.15, 0.2) is 12.2 Å². The van der Waals surface area contributed by atoms with E-state index in [1.54, 1.807) is 6.92 Å². The molecule has 3 atom stereocenters. The zero-order chi connectivity index (χ0) is 13.5. The van der Waals surface area contributed by atoms with Gasteiger partial charge in [-0.05, 0) is 6.92 Å². The first-order valence-electron chi connectivity index (χ1n) is 5.38. The molecule has 2 heterocycles. The number of fused-ring (bicyclic) bond motifs is 1. The van der Waals surface area contributed by atoms with Crippen LogP contribution in [0.25, 0.3) is 0 Å². The van der Waals surface area contributed by atoms with Crippen molar-refractivity contribution in [2.45, 2.75) is 29.5 Å². The van der Waals surface area contributed by atoms with Crippen molar-refractivity contribution in [3.05, 3.63) is 12.2 Å². The van der Waals surface area contributed by atoms with Gasteiger partial charge in [0.2, 0.25) is 5.91 Å². The lowest BCUT2D eigenvalue weighted by atomic mass is 9.96. The number of methoxy groups -OCH3 is 1. The van der Waals surface area contributed by atoms with E-state index in [0.717, 1.165) is 0 Å². The number of amides is 1. The largest absolute Gasteiger partial charge is 0.480 e. The number of aliphatic carboxylic acids is 1. The number of β-lactam (4-membered cyclic amide) rings is 1. The van der Waals surface area contributed by atoms with E-state index in [1.165, 1.54) is 35.9 Å². The van der Waals surface area contributed by atoms with Gasteiger partial charge in [-0.3, -0.25) is 4.79 Å². The maximum Gasteiger partial charge on any atom is 0.330 e. The van der Waals surface area contributed by atoms with E-state index in [1.807, 2.05) is 0 Å². The fourth-order valence-corrected chi connectivity index (χ4v) is 3.89. The van der Waals surface area contributed by atoms with Crippen LogP contribution in [-0.2, 0) is 19.1 Å². The van der Waals surface area contributed by atoms with Crippen LogP contribution in [0.3, 0.4) is 0 Å². The highest BCUT2D eigenvalue weighted by Crippen LogP contribution is 2.51. The maximum absolute atomic E-state index is 11.4. The molecule has 18 heavy (non-hydrogen) atoms. The molecule has 0 aromatic heterocycles. The normalized spacial score (nSPS) is 34.3. The van der Waals surface area contributed by atoms with Gasteiger partial charge in [-0.25, -0.2) is 9.59 Å². The van der Waals surface area contributed by atoms with Crippen molar-refractivity contribution in [2.24, 2.45) is 0 Å². The Labute approximate surface area is 108 Å². The predicted octanol–water partition coefficient (Wildman–Crippen LogP) is 0.233. The highest BCUT2D eigenvalue weighted by molar-refractivity contribution is 8.01. The first kappa shape index (κ1) is 12.9. The Bertz CT molecular complexity index is 449. The van der Waals surface area contributed by atoms with Crippen LogP contribution in [0.5, 0.6) is 0 Å². The number of hydrogen-bond donors (Lipinski definition) is 1. The third-order valence-electron chi connectivity index (χ3n) is 3.14. The molecular weight excluding hydrogens is 258 g/mol. The lowest BCUT2D eigenvalue weighted by Crippen LogP contribution is -2.57. The molecule has 0 unspecified atom stereocenters. The summed E-state index contributed by atoms with van der Waals surface area (Å²) in [6.45, 7) is 1.71. The Morgan fingerprint density at radius 3 is 2.78 bits per heavy atom. The minimum Gasteiger partial charge on any atom is -0.480 e. The number of hydrogen-bond acceptors (Lipinski definition) is 5. The average molecular weight is 271 g/mol. The molecule has 2 fully saturated rings. The third kappa shape index (κ3) is 1.88. The van der Waals surface area contributed by atoms with E-state index >= 15 is 0 Å². The molecule has 2 rings (SSSR count). The summed E-state index contributed by atoms with van der Waals surface area (Å²) in [5.41, 5.74) is 0. The molecular formula is C11H13NO5S. The van der Waals surface area contributed by atoms with E-state index in [4.69, 9.17) is 0 Å². The van der Waals surface area contributed by atoms with Crippen molar-refractivity contribution in [1.82, 2.24) is 4.90 Å². The average Bonchev–Trinajstić information content (AvgIpc) is 2.55. The van der Waals surface area contributed by atoms with E-state index in [0.29, 0.717) is 6.42 Å². The number of ether oxygens (including phenoxy) is 1. The molecule has 2 aliphatic heterocycles. The molecule has 0 aromatic carbocycles. The van der Waals surface area contributed by atoms with Gasteiger partial charge in [-0.1, -0.05) is 6.08 Å². The van der Waals surface area contributed by atoms with Crippen molar-refractivity contribution in [3.8, 4) is 0 Å². The standard InChI is InChI=1S/C11H13NO5S/c1-11(4-3-8(14)17-2)9(10(15)16)12-6(13)5-7(12)18-11/h3-4,7,9H,5H2,1-2H3,(H,15,16)/t7-,9+,11+/m1/s1. The number of nitrogens with zero attached hydrogens (tertiary/aromatic N) is 1.